The highest BCUT2D eigenvalue weighted by Crippen LogP contribution is 2.25. The minimum absolute atomic E-state index is 0.143. The van der Waals surface area contributed by atoms with Crippen LogP contribution in [0.2, 0.25) is 0 Å². The van der Waals surface area contributed by atoms with Crippen molar-refractivity contribution in [1.82, 2.24) is 10.3 Å². The third-order valence-electron chi connectivity index (χ3n) is 3.92. The highest BCUT2D eigenvalue weighted by molar-refractivity contribution is 5.78. The van der Waals surface area contributed by atoms with E-state index in [2.05, 4.69) is 30.2 Å². The van der Waals surface area contributed by atoms with Crippen molar-refractivity contribution >= 4 is 5.91 Å². The number of nitrogens with one attached hydrogen (secondary N) is 1. The van der Waals surface area contributed by atoms with Crippen molar-refractivity contribution in [3.8, 4) is 0 Å². The summed E-state index contributed by atoms with van der Waals surface area (Å²) in [6.45, 7) is 6.63. The number of benzene rings is 1. The first-order valence-corrected chi connectivity index (χ1v) is 6.90. The summed E-state index contributed by atoms with van der Waals surface area (Å²) < 4.78 is 0. The van der Waals surface area contributed by atoms with Crippen molar-refractivity contribution < 1.29 is 4.79 Å². The van der Waals surface area contributed by atoms with E-state index < -0.39 is 0 Å². The topological polar surface area (TPSA) is 58.4 Å². The van der Waals surface area contributed by atoms with Gasteiger partial charge in [0, 0.05) is 19.1 Å². The summed E-state index contributed by atoms with van der Waals surface area (Å²) in [5, 5.41) is 0. The second-order valence-corrected chi connectivity index (χ2v) is 5.63. The van der Waals surface area contributed by atoms with Crippen LogP contribution in [0.4, 0.5) is 0 Å². The smallest absolute Gasteiger partial charge is 0.238 e. The number of hydrazine groups is 1. The van der Waals surface area contributed by atoms with Gasteiger partial charge in [0.25, 0.3) is 0 Å². The normalized spacial score (nSPS) is 23.5. The first-order chi connectivity index (χ1) is 9.10. The number of amides is 1. The molecule has 0 bridgehead atoms. The molecule has 104 valence electrons. The molecule has 4 heteroatoms. The standard InChI is InChI=1S/C15H23N3O/c1-11-7-12(2)18(9-11)10-14-6-4-3-5-13(14)8-15(19)17-16/h3-6,11-12H,7-10,16H2,1-2H3,(H,17,19). The predicted molar refractivity (Wildman–Crippen MR) is 76.1 cm³/mol. The molecule has 2 atom stereocenters. The van der Waals surface area contributed by atoms with E-state index in [4.69, 9.17) is 5.84 Å². The lowest BCUT2D eigenvalue weighted by molar-refractivity contribution is -0.120. The molecule has 2 unspecified atom stereocenters. The number of hydrogen-bond donors (Lipinski definition) is 2. The summed E-state index contributed by atoms with van der Waals surface area (Å²) in [5.41, 5.74) is 4.49. The van der Waals surface area contributed by atoms with E-state index in [0.29, 0.717) is 12.5 Å². The van der Waals surface area contributed by atoms with Gasteiger partial charge in [-0.15, -0.1) is 0 Å². The van der Waals surface area contributed by atoms with Gasteiger partial charge in [0.15, 0.2) is 0 Å². The Morgan fingerprint density at radius 2 is 2.05 bits per heavy atom. The molecule has 1 aliphatic rings. The summed E-state index contributed by atoms with van der Waals surface area (Å²) in [5.74, 6) is 5.78. The first kappa shape index (κ1) is 14.0. The van der Waals surface area contributed by atoms with Crippen LogP contribution in [0.15, 0.2) is 24.3 Å². The zero-order valence-corrected chi connectivity index (χ0v) is 11.7. The van der Waals surface area contributed by atoms with Crippen molar-refractivity contribution in [2.45, 2.75) is 39.3 Å². The highest BCUT2D eigenvalue weighted by atomic mass is 16.2. The van der Waals surface area contributed by atoms with E-state index in [1.807, 2.05) is 18.2 Å². The third-order valence-corrected chi connectivity index (χ3v) is 3.92. The molecule has 0 aliphatic carbocycles. The van der Waals surface area contributed by atoms with Gasteiger partial charge in [0.1, 0.15) is 0 Å². The van der Waals surface area contributed by atoms with E-state index in [1.54, 1.807) is 0 Å². The molecular formula is C15H23N3O. The zero-order valence-electron chi connectivity index (χ0n) is 11.7. The molecule has 0 saturated carbocycles. The number of carbonyl (C=O) groups is 1. The van der Waals surface area contributed by atoms with Crippen LogP contribution in [0.25, 0.3) is 0 Å². The summed E-state index contributed by atoms with van der Waals surface area (Å²) in [7, 11) is 0. The molecule has 4 nitrogen and oxygen atoms in total. The van der Waals surface area contributed by atoms with Crippen molar-refractivity contribution in [2.75, 3.05) is 6.54 Å². The van der Waals surface area contributed by atoms with Crippen LogP contribution < -0.4 is 11.3 Å². The maximum absolute atomic E-state index is 11.4. The Morgan fingerprint density at radius 1 is 1.37 bits per heavy atom. The van der Waals surface area contributed by atoms with Crippen molar-refractivity contribution in [3.63, 3.8) is 0 Å². The van der Waals surface area contributed by atoms with Crippen LogP contribution in [-0.2, 0) is 17.8 Å². The summed E-state index contributed by atoms with van der Waals surface area (Å²) in [4.78, 5) is 13.9. The molecular weight excluding hydrogens is 238 g/mol. The van der Waals surface area contributed by atoms with Crippen LogP contribution in [0, 0.1) is 5.92 Å². The van der Waals surface area contributed by atoms with Crippen LogP contribution in [0.5, 0.6) is 0 Å². The van der Waals surface area contributed by atoms with Gasteiger partial charge < -0.3 is 0 Å². The summed E-state index contributed by atoms with van der Waals surface area (Å²) in [6, 6.07) is 8.73. The molecule has 1 saturated heterocycles. The van der Waals surface area contributed by atoms with Gasteiger partial charge in [-0.05, 0) is 30.4 Å². The summed E-state index contributed by atoms with van der Waals surface area (Å²) in [6.07, 6.45) is 1.61. The molecule has 0 radical (unpaired) electrons. The zero-order chi connectivity index (χ0) is 13.8. The van der Waals surface area contributed by atoms with Crippen LogP contribution in [-0.4, -0.2) is 23.4 Å². The van der Waals surface area contributed by atoms with E-state index in [0.717, 1.165) is 24.6 Å². The fourth-order valence-corrected chi connectivity index (χ4v) is 2.93. The van der Waals surface area contributed by atoms with Crippen molar-refractivity contribution in [1.29, 1.82) is 0 Å². The number of rotatable bonds is 4. The molecule has 2 rings (SSSR count). The molecule has 1 aliphatic heterocycles. The van der Waals surface area contributed by atoms with E-state index in [9.17, 15) is 4.79 Å². The maximum Gasteiger partial charge on any atom is 0.238 e. The molecule has 1 aromatic carbocycles. The maximum atomic E-state index is 11.4. The first-order valence-electron chi connectivity index (χ1n) is 6.90. The SMILES string of the molecule is CC1CC(C)N(Cc2ccccc2CC(=O)NN)C1. The molecule has 1 aromatic rings. The Bertz CT molecular complexity index is 447. The van der Waals surface area contributed by atoms with E-state index in [-0.39, 0.29) is 5.91 Å². The Balaban J connectivity index is 2.09. The number of nitrogens with two attached hydrogens (primary N) is 1. The Labute approximate surface area is 114 Å². The summed E-state index contributed by atoms with van der Waals surface area (Å²) >= 11 is 0. The lowest BCUT2D eigenvalue weighted by atomic mass is 10.0. The van der Waals surface area contributed by atoms with Gasteiger partial charge in [0.05, 0.1) is 6.42 Å². The fourth-order valence-electron chi connectivity index (χ4n) is 2.93. The van der Waals surface area contributed by atoms with Gasteiger partial charge in [0.2, 0.25) is 5.91 Å². The monoisotopic (exact) mass is 261 g/mol. The van der Waals surface area contributed by atoms with Crippen molar-refractivity contribution in [3.05, 3.63) is 35.4 Å². The van der Waals surface area contributed by atoms with Gasteiger partial charge >= 0.3 is 0 Å². The highest BCUT2D eigenvalue weighted by Gasteiger charge is 2.26. The van der Waals surface area contributed by atoms with E-state index in [1.165, 1.54) is 12.0 Å². The Hall–Kier alpha value is -1.39. The van der Waals surface area contributed by atoms with Gasteiger partial charge in [-0.2, -0.15) is 0 Å². The predicted octanol–water partition coefficient (Wildman–Crippen LogP) is 1.45. The largest absolute Gasteiger partial charge is 0.296 e. The molecule has 19 heavy (non-hydrogen) atoms. The van der Waals surface area contributed by atoms with Crippen LogP contribution in [0.1, 0.15) is 31.4 Å². The molecule has 0 aromatic heterocycles. The van der Waals surface area contributed by atoms with Crippen LogP contribution >= 0.6 is 0 Å². The molecule has 0 spiro atoms. The molecule has 1 fully saturated rings. The average molecular weight is 261 g/mol. The number of carbonyl (C=O) groups excluding carboxylic acids is 1. The minimum Gasteiger partial charge on any atom is -0.296 e. The average Bonchev–Trinajstić information content (AvgIpc) is 2.70. The van der Waals surface area contributed by atoms with Crippen LogP contribution in [0.3, 0.4) is 0 Å². The second-order valence-electron chi connectivity index (χ2n) is 5.63. The Morgan fingerprint density at radius 3 is 2.63 bits per heavy atom. The Kier molecular flexibility index (Phi) is 4.56. The quantitative estimate of drug-likeness (QED) is 0.490. The van der Waals surface area contributed by atoms with Gasteiger partial charge in [-0.1, -0.05) is 31.2 Å². The lowest BCUT2D eigenvalue weighted by Gasteiger charge is -2.22. The van der Waals surface area contributed by atoms with Gasteiger partial charge in [-0.3, -0.25) is 15.1 Å². The fraction of sp³-hybridized carbons (Fsp3) is 0.533. The van der Waals surface area contributed by atoms with E-state index >= 15 is 0 Å². The lowest BCUT2D eigenvalue weighted by Crippen LogP contribution is -2.32. The van der Waals surface area contributed by atoms with Gasteiger partial charge in [-0.25, -0.2) is 5.84 Å². The second kappa shape index (κ2) is 6.17. The minimum atomic E-state index is -0.143. The number of hydrogen-bond acceptors (Lipinski definition) is 3. The van der Waals surface area contributed by atoms with Crippen molar-refractivity contribution in [2.24, 2.45) is 11.8 Å². The molecule has 1 heterocycles. The molecule has 1 amide bonds. The molecule has 3 N–H and O–H groups in total. The third kappa shape index (κ3) is 3.55. The number of nitrogens with zero attached hydrogens (tertiary/aromatic N) is 1. The number of likely N-dealkylation sites (tertiary alicyclic amines) is 1.